The van der Waals surface area contributed by atoms with Crippen molar-refractivity contribution >= 4 is 5.91 Å². The third-order valence-electron chi connectivity index (χ3n) is 4.08. The van der Waals surface area contributed by atoms with Gasteiger partial charge in [-0.2, -0.15) is 0 Å². The van der Waals surface area contributed by atoms with E-state index in [9.17, 15) is 9.18 Å². The van der Waals surface area contributed by atoms with Gasteiger partial charge in [0.15, 0.2) is 0 Å². The average molecular weight is 283 g/mol. The Bertz CT molecular complexity index is 663. The minimum absolute atomic E-state index is 0.0616. The van der Waals surface area contributed by atoms with Gasteiger partial charge in [0.2, 0.25) is 0 Å². The number of fused-ring (bicyclic) bond motifs is 1. The summed E-state index contributed by atoms with van der Waals surface area (Å²) in [6.45, 7) is 1.97. The predicted octanol–water partition coefficient (Wildman–Crippen LogP) is 3.81. The van der Waals surface area contributed by atoms with Gasteiger partial charge in [-0.1, -0.05) is 18.2 Å². The van der Waals surface area contributed by atoms with Crippen molar-refractivity contribution in [3.8, 4) is 0 Å². The average Bonchev–Trinajstić information content (AvgIpc) is 2.95. The lowest BCUT2D eigenvalue weighted by molar-refractivity contribution is 0.0940. The minimum atomic E-state index is -0.335. The lowest BCUT2D eigenvalue weighted by Crippen LogP contribution is -2.26. The fourth-order valence-electron chi connectivity index (χ4n) is 2.83. The van der Waals surface area contributed by atoms with Crippen LogP contribution in [0.25, 0.3) is 0 Å². The standard InChI is InChI=1S/C18H18FNO/c1-12(15-6-5-13-3-2-4-16(13)11-15)20-18(21)14-7-9-17(19)10-8-14/h5-12H,2-4H2,1H3,(H,20,21)/t12-/m1/s1. The zero-order chi connectivity index (χ0) is 14.8. The summed E-state index contributed by atoms with van der Waals surface area (Å²) in [6, 6.07) is 12.0. The number of benzene rings is 2. The van der Waals surface area contributed by atoms with Gasteiger partial charge in [-0.05, 0) is 67.1 Å². The molecule has 0 radical (unpaired) electrons. The lowest BCUT2D eigenvalue weighted by Gasteiger charge is -2.15. The van der Waals surface area contributed by atoms with Crippen LogP contribution in [0.4, 0.5) is 4.39 Å². The normalized spacial score (nSPS) is 14.6. The Kier molecular flexibility index (Phi) is 3.74. The van der Waals surface area contributed by atoms with Crippen LogP contribution in [-0.4, -0.2) is 5.91 Å². The number of amides is 1. The van der Waals surface area contributed by atoms with Crippen molar-refractivity contribution in [3.63, 3.8) is 0 Å². The van der Waals surface area contributed by atoms with E-state index in [4.69, 9.17) is 0 Å². The third kappa shape index (κ3) is 2.97. The highest BCUT2D eigenvalue weighted by molar-refractivity contribution is 5.94. The Morgan fingerprint density at radius 1 is 1.10 bits per heavy atom. The molecule has 0 aliphatic heterocycles. The van der Waals surface area contributed by atoms with Crippen molar-refractivity contribution in [2.24, 2.45) is 0 Å². The maximum Gasteiger partial charge on any atom is 0.251 e. The molecule has 1 amide bonds. The second kappa shape index (κ2) is 5.68. The van der Waals surface area contributed by atoms with Crippen LogP contribution in [0.2, 0.25) is 0 Å². The first-order chi connectivity index (χ1) is 10.1. The van der Waals surface area contributed by atoms with Gasteiger partial charge in [-0.15, -0.1) is 0 Å². The molecule has 1 atom stereocenters. The van der Waals surface area contributed by atoms with Crippen molar-refractivity contribution in [2.45, 2.75) is 32.2 Å². The van der Waals surface area contributed by atoms with E-state index in [1.54, 1.807) is 0 Å². The number of aryl methyl sites for hydroxylation is 2. The van der Waals surface area contributed by atoms with Crippen LogP contribution in [0.15, 0.2) is 42.5 Å². The molecule has 2 aromatic rings. The molecule has 0 aromatic heterocycles. The molecule has 0 heterocycles. The van der Waals surface area contributed by atoms with E-state index in [1.165, 1.54) is 41.8 Å². The number of nitrogens with one attached hydrogen (secondary N) is 1. The van der Waals surface area contributed by atoms with E-state index in [1.807, 2.05) is 6.92 Å². The number of hydrogen-bond donors (Lipinski definition) is 1. The highest BCUT2D eigenvalue weighted by Crippen LogP contribution is 2.25. The monoisotopic (exact) mass is 283 g/mol. The first-order valence-electron chi connectivity index (χ1n) is 7.31. The van der Waals surface area contributed by atoms with E-state index < -0.39 is 0 Å². The van der Waals surface area contributed by atoms with Crippen LogP contribution in [0.3, 0.4) is 0 Å². The lowest BCUT2D eigenvalue weighted by atomic mass is 10.0. The quantitative estimate of drug-likeness (QED) is 0.912. The second-order valence-electron chi connectivity index (χ2n) is 5.58. The minimum Gasteiger partial charge on any atom is -0.346 e. The van der Waals surface area contributed by atoms with Gasteiger partial charge < -0.3 is 5.32 Å². The molecule has 3 rings (SSSR count). The molecule has 3 heteroatoms. The molecule has 0 spiro atoms. The van der Waals surface area contributed by atoms with Gasteiger partial charge in [0.1, 0.15) is 5.82 Å². The van der Waals surface area contributed by atoms with Crippen LogP contribution in [0, 0.1) is 5.82 Å². The molecular weight excluding hydrogens is 265 g/mol. The maximum atomic E-state index is 12.9. The molecule has 0 saturated heterocycles. The van der Waals surface area contributed by atoms with Gasteiger partial charge in [0.05, 0.1) is 6.04 Å². The summed E-state index contributed by atoms with van der Waals surface area (Å²) in [5, 5.41) is 2.96. The van der Waals surface area contributed by atoms with Gasteiger partial charge in [-0.25, -0.2) is 4.39 Å². The molecule has 1 N–H and O–H groups in total. The molecule has 21 heavy (non-hydrogen) atoms. The van der Waals surface area contributed by atoms with Crippen LogP contribution in [0.5, 0.6) is 0 Å². The summed E-state index contributed by atoms with van der Waals surface area (Å²) in [5.41, 5.74) is 4.42. The summed E-state index contributed by atoms with van der Waals surface area (Å²) in [4.78, 5) is 12.1. The summed E-state index contributed by atoms with van der Waals surface area (Å²) in [5.74, 6) is -0.513. The summed E-state index contributed by atoms with van der Waals surface area (Å²) in [6.07, 6.45) is 3.50. The van der Waals surface area contributed by atoms with E-state index in [0.717, 1.165) is 18.4 Å². The molecule has 1 aliphatic carbocycles. The number of halogens is 1. The molecule has 108 valence electrons. The molecule has 1 aliphatic rings. The SMILES string of the molecule is C[C@@H](NC(=O)c1ccc(F)cc1)c1ccc2c(c1)CCC2. The van der Waals surface area contributed by atoms with Gasteiger partial charge in [0.25, 0.3) is 5.91 Å². The van der Waals surface area contributed by atoms with Crippen LogP contribution in [0.1, 0.15) is 46.4 Å². The van der Waals surface area contributed by atoms with Crippen molar-refractivity contribution < 1.29 is 9.18 Å². The van der Waals surface area contributed by atoms with Gasteiger partial charge >= 0.3 is 0 Å². The Hall–Kier alpha value is -2.16. The molecule has 0 bridgehead atoms. The molecule has 0 fully saturated rings. The fourth-order valence-corrected chi connectivity index (χ4v) is 2.83. The van der Waals surface area contributed by atoms with E-state index in [0.29, 0.717) is 5.56 Å². The molecule has 2 nitrogen and oxygen atoms in total. The molecule has 2 aromatic carbocycles. The summed E-state index contributed by atoms with van der Waals surface area (Å²) >= 11 is 0. The number of carbonyl (C=O) groups excluding carboxylic acids is 1. The first kappa shape index (κ1) is 13.8. The van der Waals surface area contributed by atoms with Crippen molar-refractivity contribution in [2.75, 3.05) is 0 Å². The smallest absolute Gasteiger partial charge is 0.251 e. The van der Waals surface area contributed by atoms with Crippen LogP contribution < -0.4 is 5.32 Å². The van der Waals surface area contributed by atoms with Crippen molar-refractivity contribution in [1.29, 1.82) is 0 Å². The van der Waals surface area contributed by atoms with Crippen molar-refractivity contribution in [1.82, 2.24) is 5.32 Å². The van der Waals surface area contributed by atoms with E-state index in [2.05, 4.69) is 23.5 Å². The first-order valence-corrected chi connectivity index (χ1v) is 7.31. The fraction of sp³-hybridized carbons (Fsp3) is 0.278. The Morgan fingerprint density at radius 2 is 1.81 bits per heavy atom. The third-order valence-corrected chi connectivity index (χ3v) is 4.08. The maximum absolute atomic E-state index is 12.9. The molecule has 0 saturated carbocycles. The topological polar surface area (TPSA) is 29.1 Å². The zero-order valence-electron chi connectivity index (χ0n) is 12.0. The van der Waals surface area contributed by atoms with E-state index >= 15 is 0 Å². The van der Waals surface area contributed by atoms with Crippen LogP contribution in [-0.2, 0) is 12.8 Å². The van der Waals surface area contributed by atoms with Crippen molar-refractivity contribution in [3.05, 3.63) is 70.5 Å². The number of hydrogen-bond acceptors (Lipinski definition) is 1. The second-order valence-corrected chi connectivity index (χ2v) is 5.58. The highest BCUT2D eigenvalue weighted by Gasteiger charge is 2.15. The highest BCUT2D eigenvalue weighted by atomic mass is 19.1. The zero-order valence-corrected chi connectivity index (χ0v) is 12.0. The van der Waals surface area contributed by atoms with Gasteiger partial charge in [0, 0.05) is 5.56 Å². The number of carbonyl (C=O) groups is 1. The molecular formula is C18H18FNO. The summed E-state index contributed by atoms with van der Waals surface area (Å²) < 4.78 is 12.9. The van der Waals surface area contributed by atoms with Crippen LogP contribution >= 0.6 is 0 Å². The van der Waals surface area contributed by atoms with Gasteiger partial charge in [-0.3, -0.25) is 4.79 Å². The predicted molar refractivity (Wildman–Crippen MR) is 80.7 cm³/mol. The largest absolute Gasteiger partial charge is 0.346 e. The molecule has 0 unspecified atom stereocenters. The Labute approximate surface area is 124 Å². The van der Waals surface area contributed by atoms with E-state index in [-0.39, 0.29) is 17.8 Å². The number of rotatable bonds is 3. The summed E-state index contributed by atoms with van der Waals surface area (Å²) in [7, 11) is 0. The Balaban J connectivity index is 1.72. The Morgan fingerprint density at radius 3 is 2.57 bits per heavy atom.